The van der Waals surface area contributed by atoms with Gasteiger partial charge in [-0.2, -0.15) is 0 Å². The molecule has 0 aliphatic carbocycles. The number of oxime groups is 1. The summed E-state index contributed by atoms with van der Waals surface area (Å²) < 4.78 is 0. The molecule has 0 amide bonds. The van der Waals surface area contributed by atoms with E-state index in [0.29, 0.717) is 11.6 Å². The molecule has 194 valence electrons. The monoisotopic (exact) mass is 534 g/mol. The highest BCUT2D eigenvalue weighted by molar-refractivity contribution is 7.14. The molecule has 0 spiro atoms. The van der Waals surface area contributed by atoms with E-state index in [1.165, 1.54) is 11.3 Å². The molecule has 0 radical (unpaired) electrons. The van der Waals surface area contributed by atoms with Gasteiger partial charge in [0.15, 0.2) is 5.13 Å². The highest BCUT2D eigenvalue weighted by Gasteiger charge is 2.37. The molecule has 0 saturated heterocycles. The number of aromatic nitrogens is 2. The number of thiazole rings is 1. The number of nitrogens with one attached hydrogen (secondary N) is 1. The zero-order chi connectivity index (χ0) is 26.9. The Labute approximate surface area is 230 Å². The molecule has 0 unspecified atom stereocenters. The van der Waals surface area contributed by atoms with Crippen LogP contribution in [0.2, 0.25) is 0 Å². The summed E-state index contributed by atoms with van der Waals surface area (Å²) in [5.41, 5.74) is 3.07. The number of anilines is 1. The number of pyridine rings is 1. The number of carboxylic acids is 1. The number of carbonyl (C=O) groups is 1. The first kappa shape index (κ1) is 25.8. The van der Waals surface area contributed by atoms with E-state index < -0.39 is 11.5 Å². The molecular formula is C31H26N4O3S. The first-order chi connectivity index (χ1) is 19.2. The third-order valence-electron chi connectivity index (χ3n) is 6.20. The lowest BCUT2D eigenvalue weighted by Crippen LogP contribution is -2.38. The Balaban J connectivity index is 1.48. The van der Waals surface area contributed by atoms with E-state index in [1.807, 2.05) is 72.8 Å². The van der Waals surface area contributed by atoms with Crippen molar-refractivity contribution in [2.45, 2.75) is 12.0 Å². The zero-order valence-corrected chi connectivity index (χ0v) is 21.8. The minimum Gasteiger partial charge on any atom is -0.476 e. The molecule has 0 saturated carbocycles. The minimum atomic E-state index is -1.22. The SMILES string of the molecule is O=C(O)C(=NOCCc1ccccn1)c1csc(NC(c2ccccc2)(c2ccccc2)c2ccccc2)n1. The Kier molecular flexibility index (Phi) is 8.04. The van der Waals surface area contributed by atoms with Gasteiger partial charge < -0.3 is 15.3 Å². The van der Waals surface area contributed by atoms with Crippen LogP contribution in [-0.2, 0) is 21.6 Å². The Bertz CT molecular complexity index is 1430. The van der Waals surface area contributed by atoms with E-state index in [2.05, 4.69) is 56.8 Å². The predicted molar refractivity (Wildman–Crippen MR) is 153 cm³/mol. The number of benzene rings is 3. The van der Waals surface area contributed by atoms with E-state index in [1.54, 1.807) is 11.6 Å². The second kappa shape index (κ2) is 12.1. The van der Waals surface area contributed by atoms with Gasteiger partial charge in [-0.3, -0.25) is 4.98 Å². The number of aliphatic carboxylic acids is 1. The number of carboxylic acid groups (broad SMARTS) is 1. The number of hydrogen-bond acceptors (Lipinski definition) is 7. The van der Waals surface area contributed by atoms with Crippen molar-refractivity contribution in [3.05, 3.63) is 149 Å². The largest absolute Gasteiger partial charge is 0.476 e. The van der Waals surface area contributed by atoms with Gasteiger partial charge in [0.05, 0.1) is 0 Å². The van der Waals surface area contributed by atoms with Crippen molar-refractivity contribution < 1.29 is 14.7 Å². The molecule has 0 aliphatic heterocycles. The van der Waals surface area contributed by atoms with E-state index in [-0.39, 0.29) is 18.0 Å². The summed E-state index contributed by atoms with van der Waals surface area (Å²) in [5.74, 6) is -1.22. The molecule has 5 aromatic rings. The Hall–Kier alpha value is -4.82. The first-order valence-corrected chi connectivity index (χ1v) is 13.3. The van der Waals surface area contributed by atoms with Gasteiger partial charge in [0.1, 0.15) is 17.8 Å². The fourth-order valence-electron chi connectivity index (χ4n) is 4.38. The summed E-state index contributed by atoms with van der Waals surface area (Å²) in [7, 11) is 0. The van der Waals surface area contributed by atoms with Crippen molar-refractivity contribution in [2.24, 2.45) is 5.16 Å². The van der Waals surface area contributed by atoms with Crippen LogP contribution in [0, 0.1) is 0 Å². The topological polar surface area (TPSA) is 96.7 Å². The van der Waals surface area contributed by atoms with Gasteiger partial charge in [-0.05, 0) is 28.8 Å². The number of hydrogen-bond donors (Lipinski definition) is 2. The van der Waals surface area contributed by atoms with Crippen LogP contribution in [0.25, 0.3) is 0 Å². The molecule has 2 heterocycles. The Morgan fingerprint density at radius 1 is 0.846 bits per heavy atom. The second-order valence-electron chi connectivity index (χ2n) is 8.66. The second-order valence-corrected chi connectivity index (χ2v) is 9.52. The normalized spacial score (nSPS) is 11.6. The molecule has 0 fully saturated rings. The van der Waals surface area contributed by atoms with E-state index in [0.717, 1.165) is 22.4 Å². The fraction of sp³-hybridized carbons (Fsp3) is 0.0968. The van der Waals surface area contributed by atoms with Crippen molar-refractivity contribution in [2.75, 3.05) is 11.9 Å². The molecule has 0 bridgehead atoms. The summed E-state index contributed by atoms with van der Waals surface area (Å²) in [5, 5.41) is 19.6. The first-order valence-electron chi connectivity index (χ1n) is 12.4. The van der Waals surface area contributed by atoms with Crippen LogP contribution in [0.5, 0.6) is 0 Å². The average molecular weight is 535 g/mol. The van der Waals surface area contributed by atoms with E-state index >= 15 is 0 Å². The van der Waals surface area contributed by atoms with Gasteiger partial charge in [0, 0.05) is 23.7 Å². The molecule has 3 aromatic carbocycles. The maximum Gasteiger partial charge on any atom is 0.360 e. The van der Waals surface area contributed by atoms with Crippen molar-refractivity contribution in [3.63, 3.8) is 0 Å². The lowest BCUT2D eigenvalue weighted by atomic mass is 9.77. The minimum absolute atomic E-state index is 0.197. The van der Waals surface area contributed by atoms with Gasteiger partial charge in [-0.25, -0.2) is 9.78 Å². The van der Waals surface area contributed by atoms with Crippen LogP contribution >= 0.6 is 11.3 Å². The quantitative estimate of drug-likeness (QED) is 0.0935. The average Bonchev–Trinajstić information content (AvgIpc) is 3.45. The maximum absolute atomic E-state index is 12.0. The molecule has 8 heteroatoms. The molecule has 0 aliphatic rings. The van der Waals surface area contributed by atoms with Crippen molar-refractivity contribution in [3.8, 4) is 0 Å². The van der Waals surface area contributed by atoms with E-state index in [4.69, 9.17) is 4.84 Å². The Morgan fingerprint density at radius 3 is 1.92 bits per heavy atom. The summed E-state index contributed by atoms with van der Waals surface area (Å²) >= 11 is 1.31. The maximum atomic E-state index is 12.0. The predicted octanol–water partition coefficient (Wildman–Crippen LogP) is 5.99. The molecule has 2 aromatic heterocycles. The highest BCUT2D eigenvalue weighted by atomic mass is 32.1. The smallest absolute Gasteiger partial charge is 0.360 e. The summed E-state index contributed by atoms with van der Waals surface area (Å²) in [6, 6.07) is 36.0. The Morgan fingerprint density at radius 2 is 1.41 bits per heavy atom. The van der Waals surface area contributed by atoms with Crippen molar-refractivity contribution in [1.29, 1.82) is 0 Å². The summed E-state index contributed by atoms with van der Waals surface area (Å²) in [4.78, 5) is 26.3. The van der Waals surface area contributed by atoms with E-state index in [9.17, 15) is 9.90 Å². The summed E-state index contributed by atoms with van der Waals surface area (Å²) in [6.45, 7) is 0.197. The molecule has 2 N–H and O–H groups in total. The van der Waals surface area contributed by atoms with Crippen molar-refractivity contribution in [1.82, 2.24) is 9.97 Å². The molecule has 7 nitrogen and oxygen atoms in total. The van der Waals surface area contributed by atoms with Crippen LogP contribution in [0.1, 0.15) is 28.1 Å². The van der Waals surface area contributed by atoms with Crippen molar-refractivity contribution >= 4 is 28.1 Å². The number of nitrogens with zero attached hydrogens (tertiary/aromatic N) is 3. The fourth-order valence-corrected chi connectivity index (χ4v) is 5.13. The van der Waals surface area contributed by atoms with Gasteiger partial charge in [0.25, 0.3) is 0 Å². The van der Waals surface area contributed by atoms with Crippen LogP contribution in [0.15, 0.2) is 126 Å². The van der Waals surface area contributed by atoms with Gasteiger partial charge in [-0.1, -0.05) is 102 Å². The third-order valence-corrected chi connectivity index (χ3v) is 6.95. The van der Waals surface area contributed by atoms with Gasteiger partial charge >= 0.3 is 5.97 Å². The molecule has 0 atom stereocenters. The molecule has 39 heavy (non-hydrogen) atoms. The van der Waals surface area contributed by atoms with Crippen LogP contribution in [0.4, 0.5) is 5.13 Å². The standard InChI is InChI=1S/C31H26N4O3S/c36-29(37)28(35-38-21-19-26-18-10-11-20-32-26)27-22-39-30(33-27)34-31(23-12-4-1-5-13-23,24-14-6-2-7-15-24)25-16-8-3-9-17-25/h1-18,20,22H,19,21H2,(H,33,34)(H,36,37). The van der Waals surface area contributed by atoms with Crippen LogP contribution in [-0.4, -0.2) is 33.4 Å². The molecular weight excluding hydrogens is 508 g/mol. The van der Waals surface area contributed by atoms with Crippen LogP contribution < -0.4 is 5.32 Å². The lowest BCUT2D eigenvalue weighted by molar-refractivity contribution is -0.129. The number of rotatable bonds is 11. The summed E-state index contributed by atoms with van der Waals surface area (Å²) in [6.07, 6.45) is 2.21. The van der Waals surface area contributed by atoms with Gasteiger partial charge in [-0.15, -0.1) is 11.3 Å². The van der Waals surface area contributed by atoms with Crippen LogP contribution in [0.3, 0.4) is 0 Å². The van der Waals surface area contributed by atoms with Gasteiger partial charge in [0.2, 0.25) is 5.71 Å². The highest BCUT2D eigenvalue weighted by Crippen LogP contribution is 2.40. The zero-order valence-electron chi connectivity index (χ0n) is 21.0. The third kappa shape index (κ3) is 5.86. The lowest BCUT2D eigenvalue weighted by Gasteiger charge is -2.36. The molecule has 5 rings (SSSR count).